The van der Waals surface area contributed by atoms with Gasteiger partial charge in [-0.3, -0.25) is 14.6 Å². The van der Waals surface area contributed by atoms with Crippen LogP contribution in [0.4, 0.5) is 0 Å². The predicted octanol–water partition coefficient (Wildman–Crippen LogP) is 3.31. The van der Waals surface area contributed by atoms with Gasteiger partial charge in [0.1, 0.15) is 0 Å². The average Bonchev–Trinajstić information content (AvgIpc) is 3.89. The Morgan fingerprint density at radius 1 is 1.00 bits per heavy atom. The quantitative estimate of drug-likeness (QED) is 0.496. The SMILES string of the molecule is O=C1C(N2CCCCC2)CC2CCC1(C1(C3COCC(C4CC4)N3S(=O)(=O)c3ccc(Cl)cc3)CC1)N2CCO. The van der Waals surface area contributed by atoms with Gasteiger partial charge in [0.15, 0.2) is 5.78 Å². The van der Waals surface area contributed by atoms with Crippen LogP contribution in [0.15, 0.2) is 29.2 Å². The number of Topliss-reactive ketones (excluding diaryl/α,β-unsaturated/α-hetero) is 1. The molecule has 1 aromatic rings. The number of aliphatic hydroxyl groups excluding tert-OH is 1. The molecule has 10 heteroatoms. The summed E-state index contributed by atoms with van der Waals surface area (Å²) in [5.41, 5.74) is -1.29. The van der Waals surface area contributed by atoms with E-state index < -0.39 is 27.0 Å². The molecule has 1 aromatic carbocycles. The molecule has 2 bridgehead atoms. The minimum atomic E-state index is -3.86. The molecule has 0 spiro atoms. The van der Waals surface area contributed by atoms with Crippen LogP contribution >= 0.6 is 11.6 Å². The summed E-state index contributed by atoms with van der Waals surface area (Å²) in [7, 11) is -3.86. The van der Waals surface area contributed by atoms with Crippen LogP contribution in [0.3, 0.4) is 0 Å². The summed E-state index contributed by atoms with van der Waals surface area (Å²) in [5, 5.41) is 10.7. The minimum Gasteiger partial charge on any atom is -0.395 e. The number of carbonyl (C=O) groups excluding carboxylic acids is 1. The number of hydrogen-bond donors (Lipinski definition) is 1. The number of fused-ring (bicyclic) bond motifs is 2. The molecule has 220 valence electrons. The summed E-state index contributed by atoms with van der Waals surface area (Å²) >= 11 is 6.13. The van der Waals surface area contributed by atoms with E-state index in [-0.39, 0.29) is 41.3 Å². The Morgan fingerprint density at radius 3 is 2.38 bits per heavy atom. The maximum absolute atomic E-state index is 14.9. The normalized spacial score (nSPS) is 37.1. The first-order valence-corrected chi connectivity index (χ1v) is 17.2. The number of carbonyl (C=O) groups is 1. The maximum Gasteiger partial charge on any atom is 0.243 e. The van der Waals surface area contributed by atoms with Gasteiger partial charge >= 0.3 is 0 Å². The van der Waals surface area contributed by atoms with E-state index in [1.165, 1.54) is 6.42 Å². The number of hydrogen-bond acceptors (Lipinski definition) is 7. The van der Waals surface area contributed by atoms with E-state index in [4.69, 9.17) is 16.3 Å². The highest BCUT2D eigenvalue weighted by atomic mass is 35.5. The number of rotatable bonds is 8. The first-order valence-electron chi connectivity index (χ1n) is 15.4. The van der Waals surface area contributed by atoms with Gasteiger partial charge in [0.25, 0.3) is 0 Å². The largest absolute Gasteiger partial charge is 0.395 e. The molecule has 2 aliphatic carbocycles. The van der Waals surface area contributed by atoms with E-state index in [1.807, 2.05) is 0 Å². The third kappa shape index (κ3) is 4.17. The van der Waals surface area contributed by atoms with Crippen LogP contribution in [0, 0.1) is 11.3 Å². The molecule has 0 aromatic heterocycles. The van der Waals surface area contributed by atoms with E-state index in [9.17, 15) is 18.3 Å². The van der Waals surface area contributed by atoms with E-state index in [0.717, 1.165) is 70.9 Å². The molecule has 1 N–H and O–H groups in total. The number of halogens is 1. The van der Waals surface area contributed by atoms with Crippen molar-refractivity contribution in [2.24, 2.45) is 11.3 Å². The molecular formula is C30H42ClN3O5S. The second-order valence-electron chi connectivity index (χ2n) is 13.1. The lowest BCUT2D eigenvalue weighted by Gasteiger charge is -2.57. The van der Waals surface area contributed by atoms with Crippen LogP contribution < -0.4 is 0 Å². The average molecular weight is 592 g/mol. The van der Waals surface area contributed by atoms with Crippen LogP contribution in [-0.2, 0) is 19.6 Å². The monoisotopic (exact) mass is 591 g/mol. The lowest BCUT2D eigenvalue weighted by Crippen LogP contribution is -2.73. The fourth-order valence-electron chi connectivity index (χ4n) is 9.08. The van der Waals surface area contributed by atoms with Gasteiger partial charge in [0.2, 0.25) is 10.0 Å². The number of sulfonamides is 1. The van der Waals surface area contributed by atoms with Gasteiger partial charge in [-0.2, -0.15) is 4.31 Å². The molecule has 4 saturated heterocycles. The van der Waals surface area contributed by atoms with Crippen molar-refractivity contribution >= 4 is 27.4 Å². The molecule has 40 heavy (non-hydrogen) atoms. The zero-order chi connectivity index (χ0) is 27.7. The number of morpholine rings is 1. The molecule has 0 radical (unpaired) electrons. The van der Waals surface area contributed by atoms with Crippen LogP contribution in [0.2, 0.25) is 5.02 Å². The summed E-state index contributed by atoms with van der Waals surface area (Å²) in [6.07, 6.45) is 9.54. The number of nitrogens with zero attached hydrogens (tertiary/aromatic N) is 3. The first-order chi connectivity index (χ1) is 19.3. The van der Waals surface area contributed by atoms with Crippen molar-refractivity contribution in [1.82, 2.24) is 14.1 Å². The second kappa shape index (κ2) is 10.3. The number of benzene rings is 1. The van der Waals surface area contributed by atoms with Crippen molar-refractivity contribution in [2.75, 3.05) is 39.5 Å². The van der Waals surface area contributed by atoms with E-state index >= 15 is 0 Å². The Balaban J connectivity index is 1.32. The number of likely N-dealkylation sites (tertiary alicyclic amines) is 1. The fraction of sp³-hybridized carbons (Fsp3) is 0.767. The lowest BCUT2D eigenvalue weighted by molar-refractivity contribution is -0.156. The number of aliphatic hydroxyl groups is 1. The molecule has 6 aliphatic rings. The van der Waals surface area contributed by atoms with Gasteiger partial charge < -0.3 is 9.84 Å². The molecule has 2 saturated carbocycles. The van der Waals surface area contributed by atoms with Crippen LogP contribution in [-0.4, -0.2) is 103 Å². The standard InChI is InChI=1S/C30H42ClN3O5S/c31-22-6-8-24(9-7-22)40(37,38)34-26(21-4-5-21)19-39-20-27(34)29(12-13-29)30-11-10-23(33(30)16-17-35)18-25(28(30)36)32-14-2-1-3-15-32/h6-9,21,23,25-27,35H,1-5,10-20H2. The lowest BCUT2D eigenvalue weighted by atomic mass is 9.67. The summed E-state index contributed by atoms with van der Waals surface area (Å²) < 4.78 is 37.0. The molecule has 0 amide bonds. The van der Waals surface area contributed by atoms with Crippen molar-refractivity contribution in [1.29, 1.82) is 0 Å². The number of β-amino-alcohol motifs (C(OH)–C–C–N with tert-alkyl or cyclic N) is 1. The third-order valence-electron chi connectivity index (χ3n) is 11.2. The highest BCUT2D eigenvalue weighted by molar-refractivity contribution is 7.89. The van der Waals surface area contributed by atoms with Gasteiger partial charge in [-0.05, 0) is 101 Å². The Bertz CT molecular complexity index is 1230. The third-order valence-corrected chi connectivity index (χ3v) is 13.4. The van der Waals surface area contributed by atoms with Crippen molar-refractivity contribution in [3.05, 3.63) is 29.3 Å². The molecule has 5 unspecified atom stereocenters. The van der Waals surface area contributed by atoms with Gasteiger partial charge in [0.05, 0.1) is 48.4 Å². The topological polar surface area (TPSA) is 90.4 Å². The van der Waals surface area contributed by atoms with Crippen molar-refractivity contribution in [3.63, 3.8) is 0 Å². The Kier molecular flexibility index (Phi) is 7.13. The van der Waals surface area contributed by atoms with E-state index in [0.29, 0.717) is 24.8 Å². The van der Waals surface area contributed by atoms with Gasteiger partial charge in [0, 0.05) is 23.0 Å². The molecule has 6 fully saturated rings. The Hall–Kier alpha value is -1.07. The molecule has 5 atom stereocenters. The van der Waals surface area contributed by atoms with Crippen LogP contribution in [0.1, 0.15) is 64.2 Å². The molecule has 7 rings (SSSR count). The van der Waals surface area contributed by atoms with Gasteiger partial charge in [-0.15, -0.1) is 0 Å². The summed E-state index contributed by atoms with van der Waals surface area (Å²) in [4.78, 5) is 19.9. The van der Waals surface area contributed by atoms with Crippen molar-refractivity contribution < 1.29 is 23.1 Å². The first kappa shape index (κ1) is 27.7. The summed E-state index contributed by atoms with van der Waals surface area (Å²) in [6, 6.07) is 5.95. The van der Waals surface area contributed by atoms with E-state index in [2.05, 4.69) is 9.80 Å². The number of piperidine rings is 2. The zero-order valence-corrected chi connectivity index (χ0v) is 24.8. The molecule has 8 nitrogen and oxygen atoms in total. The minimum absolute atomic E-state index is 0.00531. The smallest absolute Gasteiger partial charge is 0.243 e. The molecule has 4 aliphatic heterocycles. The van der Waals surface area contributed by atoms with Gasteiger partial charge in [-0.25, -0.2) is 8.42 Å². The number of ether oxygens (including phenoxy) is 1. The van der Waals surface area contributed by atoms with Crippen LogP contribution in [0.5, 0.6) is 0 Å². The number of ketones is 1. The van der Waals surface area contributed by atoms with Crippen LogP contribution in [0.25, 0.3) is 0 Å². The maximum atomic E-state index is 14.9. The molecule has 4 heterocycles. The highest BCUT2D eigenvalue weighted by Gasteiger charge is 2.75. The zero-order valence-electron chi connectivity index (χ0n) is 23.2. The highest BCUT2D eigenvalue weighted by Crippen LogP contribution is 2.67. The molecular weight excluding hydrogens is 550 g/mol. The Morgan fingerprint density at radius 2 is 1.73 bits per heavy atom. The van der Waals surface area contributed by atoms with Crippen molar-refractivity contribution in [2.45, 2.75) is 98.8 Å². The summed E-state index contributed by atoms with van der Waals surface area (Å²) in [6.45, 7) is 3.06. The van der Waals surface area contributed by atoms with Crippen molar-refractivity contribution in [3.8, 4) is 0 Å². The van der Waals surface area contributed by atoms with E-state index in [1.54, 1.807) is 28.6 Å². The Labute approximate surface area is 243 Å². The fourth-order valence-corrected chi connectivity index (χ4v) is 11.1. The summed E-state index contributed by atoms with van der Waals surface area (Å²) in [5.74, 6) is 0.553. The second-order valence-corrected chi connectivity index (χ2v) is 15.4. The van der Waals surface area contributed by atoms with Gasteiger partial charge in [-0.1, -0.05) is 18.0 Å². The predicted molar refractivity (Wildman–Crippen MR) is 152 cm³/mol.